The van der Waals surface area contributed by atoms with Crippen molar-refractivity contribution < 1.29 is 4.42 Å². The number of rotatable bonds is 2. The van der Waals surface area contributed by atoms with Gasteiger partial charge in [0.1, 0.15) is 5.76 Å². The van der Waals surface area contributed by atoms with Gasteiger partial charge < -0.3 is 4.42 Å². The predicted octanol–water partition coefficient (Wildman–Crippen LogP) is 4.47. The first-order valence-corrected chi connectivity index (χ1v) is 7.04. The van der Waals surface area contributed by atoms with Gasteiger partial charge in [0.2, 0.25) is 0 Å². The Morgan fingerprint density at radius 3 is 2.50 bits per heavy atom. The zero-order valence-electron chi connectivity index (χ0n) is 11.2. The Labute approximate surface area is 121 Å². The minimum absolute atomic E-state index is 0.634. The van der Waals surface area contributed by atoms with Crippen molar-refractivity contribution in [2.24, 2.45) is 0 Å². The van der Waals surface area contributed by atoms with Crippen LogP contribution in [0.5, 0.6) is 0 Å². The van der Waals surface area contributed by atoms with E-state index in [9.17, 15) is 0 Å². The molecule has 2 aromatic carbocycles. The maximum absolute atomic E-state index is 9.17. The molecule has 0 radical (unpaired) electrons. The smallest absolute Gasteiger partial charge is 0.261 e. The second-order valence-electron chi connectivity index (χ2n) is 4.49. The molecule has 0 aliphatic heterocycles. The molecule has 3 aromatic rings. The third kappa shape index (κ3) is 2.17. The van der Waals surface area contributed by atoms with Crippen LogP contribution in [0.3, 0.4) is 0 Å². The fraction of sp³-hybridized carbons (Fsp3) is 0.125. The normalized spacial score (nSPS) is 10.7. The molecule has 3 rings (SSSR count). The molecule has 3 nitrogen and oxygen atoms in total. The van der Waals surface area contributed by atoms with Crippen LogP contribution in [0.4, 0.5) is 0 Å². The highest BCUT2D eigenvalue weighted by atomic mass is 32.2. The van der Waals surface area contributed by atoms with Crippen LogP contribution in [0.25, 0.3) is 10.8 Å². The lowest BCUT2D eigenvalue weighted by molar-refractivity contribution is 0.431. The summed E-state index contributed by atoms with van der Waals surface area (Å²) in [7, 11) is 0. The van der Waals surface area contributed by atoms with E-state index >= 15 is 0 Å². The van der Waals surface area contributed by atoms with Crippen molar-refractivity contribution in [1.82, 2.24) is 4.98 Å². The van der Waals surface area contributed by atoms with E-state index in [2.05, 4.69) is 11.1 Å². The third-order valence-corrected chi connectivity index (χ3v) is 4.14. The Morgan fingerprint density at radius 2 is 1.85 bits per heavy atom. The Hall–Kier alpha value is -2.25. The van der Waals surface area contributed by atoms with Crippen LogP contribution in [0, 0.1) is 25.2 Å². The molecule has 0 atom stereocenters. The molecule has 1 aromatic heterocycles. The average molecular weight is 280 g/mol. The highest BCUT2D eigenvalue weighted by molar-refractivity contribution is 7.99. The van der Waals surface area contributed by atoms with E-state index in [1.54, 1.807) is 0 Å². The maximum atomic E-state index is 9.17. The summed E-state index contributed by atoms with van der Waals surface area (Å²) < 4.78 is 5.61. The monoisotopic (exact) mass is 280 g/mol. The van der Waals surface area contributed by atoms with E-state index < -0.39 is 0 Å². The number of benzene rings is 2. The van der Waals surface area contributed by atoms with Gasteiger partial charge in [0, 0.05) is 10.3 Å². The number of oxazole rings is 1. The van der Waals surface area contributed by atoms with Crippen molar-refractivity contribution >= 4 is 22.5 Å². The van der Waals surface area contributed by atoms with E-state index in [4.69, 9.17) is 9.68 Å². The third-order valence-electron chi connectivity index (χ3n) is 3.21. The van der Waals surface area contributed by atoms with Gasteiger partial charge in [-0.3, -0.25) is 0 Å². The molecule has 0 N–H and O–H groups in total. The van der Waals surface area contributed by atoms with Crippen molar-refractivity contribution in [1.29, 1.82) is 5.26 Å². The van der Waals surface area contributed by atoms with Gasteiger partial charge in [-0.05, 0) is 43.1 Å². The molecule has 1 heterocycles. The Kier molecular flexibility index (Phi) is 3.21. The number of hydrogen-bond acceptors (Lipinski definition) is 4. The maximum Gasteiger partial charge on any atom is 0.261 e. The number of nitriles is 1. The lowest BCUT2D eigenvalue weighted by atomic mass is 10.1. The predicted molar refractivity (Wildman–Crippen MR) is 78.8 cm³/mol. The molecule has 20 heavy (non-hydrogen) atoms. The average Bonchev–Trinajstić information content (AvgIpc) is 2.78. The molecule has 0 saturated heterocycles. The van der Waals surface area contributed by atoms with Gasteiger partial charge in [0.15, 0.2) is 0 Å². The molecule has 0 amide bonds. The second kappa shape index (κ2) is 5.03. The molecule has 0 aliphatic carbocycles. The van der Waals surface area contributed by atoms with Gasteiger partial charge in [-0.2, -0.15) is 5.26 Å². The first-order chi connectivity index (χ1) is 9.69. The minimum atomic E-state index is 0.634. The summed E-state index contributed by atoms with van der Waals surface area (Å²) >= 11 is 1.48. The van der Waals surface area contributed by atoms with Crippen molar-refractivity contribution in [2.75, 3.05) is 0 Å². The summed E-state index contributed by atoms with van der Waals surface area (Å²) in [4.78, 5) is 5.43. The molecular weight excluding hydrogens is 268 g/mol. The van der Waals surface area contributed by atoms with E-state index in [0.29, 0.717) is 10.8 Å². The van der Waals surface area contributed by atoms with Crippen molar-refractivity contribution in [3.8, 4) is 6.07 Å². The fourth-order valence-electron chi connectivity index (χ4n) is 2.04. The molecule has 0 bridgehead atoms. The Bertz CT molecular complexity index is 811. The van der Waals surface area contributed by atoms with E-state index in [1.165, 1.54) is 11.8 Å². The molecule has 0 unspecified atom stereocenters. The van der Waals surface area contributed by atoms with Crippen molar-refractivity contribution in [3.05, 3.63) is 53.4 Å². The SMILES string of the molecule is Cc1nc(Sc2ccc(C#N)c3ccccc23)oc1C. The van der Waals surface area contributed by atoms with Crippen LogP contribution in [0.1, 0.15) is 17.0 Å². The summed E-state index contributed by atoms with van der Waals surface area (Å²) in [6.07, 6.45) is 0. The van der Waals surface area contributed by atoms with Crippen molar-refractivity contribution in [2.45, 2.75) is 24.0 Å². The standard InChI is InChI=1S/C16H12N2OS/c1-10-11(2)19-16(18-10)20-15-8-7-12(9-17)13-5-3-4-6-14(13)15/h3-8H,1-2H3. The Morgan fingerprint density at radius 1 is 1.10 bits per heavy atom. The van der Waals surface area contributed by atoms with Gasteiger partial charge in [-0.15, -0.1) is 0 Å². The zero-order valence-corrected chi connectivity index (χ0v) is 12.0. The van der Waals surface area contributed by atoms with Gasteiger partial charge in [0.25, 0.3) is 5.22 Å². The molecule has 0 aliphatic rings. The summed E-state index contributed by atoms with van der Waals surface area (Å²) in [5, 5.41) is 11.8. The van der Waals surface area contributed by atoms with Gasteiger partial charge in [0.05, 0.1) is 17.3 Å². The summed E-state index contributed by atoms with van der Waals surface area (Å²) in [5.41, 5.74) is 1.59. The largest absolute Gasteiger partial charge is 0.436 e. The number of aryl methyl sites for hydroxylation is 2. The fourth-order valence-corrected chi connectivity index (χ4v) is 3.00. The highest BCUT2D eigenvalue weighted by Gasteiger charge is 2.11. The number of aromatic nitrogens is 1. The number of hydrogen-bond donors (Lipinski definition) is 0. The van der Waals surface area contributed by atoms with Gasteiger partial charge in [-0.25, -0.2) is 4.98 Å². The van der Waals surface area contributed by atoms with Crippen LogP contribution in [-0.2, 0) is 0 Å². The first-order valence-electron chi connectivity index (χ1n) is 6.23. The summed E-state index contributed by atoms with van der Waals surface area (Å²) in [6, 6.07) is 13.9. The van der Waals surface area contributed by atoms with Crippen LogP contribution >= 0.6 is 11.8 Å². The topological polar surface area (TPSA) is 49.8 Å². The van der Waals surface area contributed by atoms with Crippen LogP contribution in [-0.4, -0.2) is 4.98 Å². The zero-order chi connectivity index (χ0) is 14.1. The van der Waals surface area contributed by atoms with Crippen LogP contribution in [0.2, 0.25) is 0 Å². The second-order valence-corrected chi connectivity index (χ2v) is 5.49. The van der Waals surface area contributed by atoms with Crippen LogP contribution in [0.15, 0.2) is 50.9 Å². The Balaban J connectivity index is 2.11. The summed E-state index contributed by atoms with van der Waals surface area (Å²) in [6.45, 7) is 3.84. The number of fused-ring (bicyclic) bond motifs is 1. The van der Waals surface area contributed by atoms with Gasteiger partial charge in [-0.1, -0.05) is 24.3 Å². The molecule has 0 saturated carbocycles. The van der Waals surface area contributed by atoms with Crippen molar-refractivity contribution in [3.63, 3.8) is 0 Å². The van der Waals surface area contributed by atoms with Crippen LogP contribution < -0.4 is 0 Å². The number of nitrogens with zero attached hydrogens (tertiary/aromatic N) is 2. The lowest BCUT2D eigenvalue weighted by Crippen LogP contribution is -1.83. The van der Waals surface area contributed by atoms with E-state index in [1.807, 2.05) is 50.2 Å². The molecular formula is C16H12N2OS. The lowest BCUT2D eigenvalue weighted by Gasteiger charge is -2.05. The molecule has 98 valence electrons. The quantitative estimate of drug-likeness (QED) is 0.695. The molecule has 0 fully saturated rings. The van der Waals surface area contributed by atoms with E-state index in [0.717, 1.165) is 27.1 Å². The minimum Gasteiger partial charge on any atom is -0.436 e. The molecule has 0 spiro atoms. The summed E-state index contributed by atoms with van der Waals surface area (Å²) in [5.74, 6) is 0.838. The molecule has 4 heteroatoms. The first kappa shape index (κ1) is 12.8. The van der Waals surface area contributed by atoms with E-state index in [-0.39, 0.29) is 0 Å². The highest BCUT2D eigenvalue weighted by Crippen LogP contribution is 2.34. The van der Waals surface area contributed by atoms with Gasteiger partial charge >= 0.3 is 0 Å².